The maximum Gasteiger partial charge on any atom is 0.418 e. The van der Waals surface area contributed by atoms with Crippen molar-refractivity contribution in [2.24, 2.45) is 0 Å². The molecule has 0 N–H and O–H groups in total. The second-order valence-corrected chi connectivity index (χ2v) is 19.8. The molecule has 70 heavy (non-hydrogen) atoms. The highest BCUT2D eigenvalue weighted by molar-refractivity contribution is 5.95. The topological polar surface area (TPSA) is 106 Å². The van der Waals surface area contributed by atoms with Crippen molar-refractivity contribution in [3.8, 4) is 28.8 Å². The normalized spacial score (nSPS) is 21.4. The highest BCUT2D eigenvalue weighted by atomic mass is 19.4. The van der Waals surface area contributed by atoms with Crippen LogP contribution in [-0.2, 0) is 24.0 Å². The lowest BCUT2D eigenvalue weighted by Gasteiger charge is -2.42. The molecule has 6 heterocycles. The van der Waals surface area contributed by atoms with Gasteiger partial charge in [-0.3, -0.25) is 9.80 Å². The van der Waals surface area contributed by atoms with Gasteiger partial charge in [0.1, 0.15) is 47.0 Å². The molecule has 1 amide bonds. The van der Waals surface area contributed by atoms with Crippen LogP contribution in [-0.4, -0.2) is 107 Å². The number of anilines is 2. The van der Waals surface area contributed by atoms with Gasteiger partial charge in [-0.2, -0.15) is 23.1 Å². The summed E-state index contributed by atoms with van der Waals surface area (Å²) in [6.45, 7) is 7.75. The maximum absolute atomic E-state index is 18.0. The Bertz CT molecular complexity index is 2680. The van der Waals surface area contributed by atoms with Crippen LogP contribution in [0.15, 0.2) is 60.7 Å². The number of hydrogen-bond donors (Lipinski definition) is 0. The zero-order chi connectivity index (χ0) is 49.9. The Morgan fingerprint density at radius 3 is 2.06 bits per heavy atom. The van der Waals surface area contributed by atoms with Crippen LogP contribution < -0.4 is 24.0 Å². The number of nitrogens with zero attached hydrogens (tertiary/aromatic N) is 7. The lowest BCUT2D eigenvalue weighted by atomic mass is 9.94. The van der Waals surface area contributed by atoms with Crippen molar-refractivity contribution < 1.29 is 54.5 Å². The van der Waals surface area contributed by atoms with E-state index in [1.54, 1.807) is 84.0 Å². The molecule has 9 rings (SSSR count). The van der Waals surface area contributed by atoms with Crippen molar-refractivity contribution in [1.82, 2.24) is 24.8 Å². The first-order valence-electron chi connectivity index (χ1n) is 23.4. The summed E-state index contributed by atoms with van der Waals surface area (Å²) in [5.41, 5.74) is -5.53. The van der Waals surface area contributed by atoms with Crippen LogP contribution >= 0.6 is 0 Å². The van der Waals surface area contributed by atoms with Crippen molar-refractivity contribution in [2.45, 2.75) is 115 Å². The first kappa shape index (κ1) is 48.9. The van der Waals surface area contributed by atoms with Crippen LogP contribution in [0.5, 0.6) is 17.5 Å². The number of methoxy groups -OCH3 is 2. The fraction of sp³-hybridized carbons (Fsp3) is 0.490. The number of halogens is 7. The summed E-state index contributed by atoms with van der Waals surface area (Å²) >= 11 is 0. The lowest BCUT2D eigenvalue weighted by molar-refractivity contribution is -0.137. The van der Waals surface area contributed by atoms with E-state index < -0.39 is 81.8 Å². The number of amides is 1. The molecule has 2 unspecified atom stereocenters. The molecule has 2 aromatic heterocycles. The molecule has 0 saturated carbocycles. The average Bonchev–Trinajstić information content (AvgIpc) is 3.93. The molecule has 2 bridgehead atoms. The largest absolute Gasteiger partial charge is 0.497 e. The van der Waals surface area contributed by atoms with Crippen molar-refractivity contribution >= 4 is 28.6 Å². The van der Waals surface area contributed by atoms with Crippen molar-refractivity contribution in [3.63, 3.8) is 0 Å². The summed E-state index contributed by atoms with van der Waals surface area (Å²) in [5, 5.41) is -0.193. The summed E-state index contributed by atoms with van der Waals surface area (Å²) in [6, 6.07) is 15.0. The third-order valence-corrected chi connectivity index (χ3v) is 13.9. The summed E-state index contributed by atoms with van der Waals surface area (Å²) in [5.74, 6) is -0.368. The average molecular weight is 980 g/mol. The van der Waals surface area contributed by atoms with E-state index in [1.807, 2.05) is 4.90 Å². The third kappa shape index (κ3) is 9.69. The standard InChI is InChI=1S/C51H56F7N7O5/c1-29-20-39(62(23-30-8-14-35(67-5)15-9-30)24-31-10-16-36(68-6)17-11-31)59-44(41(29)51(56,57)58)40-37(45(54)55)21-38-43(42(40)53)60-47(69-28-50-18-7-19-64(50)25-32(52)22-50)61-46(38)63-26-33-12-13-34(27-63)65(33)48(66)70-49(2,3)4/h8-11,14-17,20-21,32-34,45H,7,12-13,18-19,22-28H2,1-6H3/t32-,33?,34?,50+/m1/s1. The Balaban J connectivity index is 1.20. The Kier molecular flexibility index (Phi) is 13.2. The minimum absolute atomic E-state index is 0.00255. The predicted octanol–water partition coefficient (Wildman–Crippen LogP) is 10.9. The fourth-order valence-corrected chi connectivity index (χ4v) is 10.7. The highest BCUT2D eigenvalue weighted by Crippen LogP contribution is 2.47. The van der Waals surface area contributed by atoms with Crippen LogP contribution in [0.1, 0.15) is 87.1 Å². The molecule has 4 aliphatic heterocycles. The molecule has 0 spiro atoms. The molecule has 0 radical (unpaired) electrons. The Hall–Kier alpha value is -6.11. The smallest absolute Gasteiger partial charge is 0.418 e. The van der Waals surface area contributed by atoms with Gasteiger partial charge in [-0.25, -0.2) is 27.3 Å². The van der Waals surface area contributed by atoms with E-state index in [9.17, 15) is 9.18 Å². The monoisotopic (exact) mass is 979 g/mol. The summed E-state index contributed by atoms with van der Waals surface area (Å²) < 4.78 is 133. The number of ether oxygens (including phenoxy) is 4. The highest BCUT2D eigenvalue weighted by Gasteiger charge is 2.50. The second-order valence-electron chi connectivity index (χ2n) is 19.8. The first-order valence-corrected chi connectivity index (χ1v) is 23.4. The maximum atomic E-state index is 18.0. The van der Waals surface area contributed by atoms with Gasteiger partial charge in [0.2, 0.25) is 0 Å². The van der Waals surface area contributed by atoms with Gasteiger partial charge >= 0.3 is 18.3 Å². The third-order valence-electron chi connectivity index (χ3n) is 13.9. The van der Waals surface area contributed by atoms with E-state index in [2.05, 4.69) is 9.97 Å². The number of fused-ring (bicyclic) bond motifs is 4. The Morgan fingerprint density at radius 1 is 0.886 bits per heavy atom. The molecule has 4 saturated heterocycles. The number of carbonyl (C=O) groups excluding carboxylic acids is 1. The van der Waals surface area contributed by atoms with Crippen molar-refractivity contribution in [3.05, 3.63) is 94.3 Å². The van der Waals surface area contributed by atoms with Gasteiger partial charge in [0.25, 0.3) is 6.43 Å². The lowest BCUT2D eigenvalue weighted by Crippen LogP contribution is -2.57. The van der Waals surface area contributed by atoms with Crippen LogP contribution in [0.3, 0.4) is 0 Å². The Labute approximate surface area is 401 Å². The Morgan fingerprint density at radius 2 is 1.50 bits per heavy atom. The molecule has 4 atom stereocenters. The zero-order valence-corrected chi connectivity index (χ0v) is 39.9. The molecule has 5 aromatic rings. The molecule has 12 nitrogen and oxygen atoms in total. The molecular weight excluding hydrogens is 924 g/mol. The SMILES string of the molecule is COc1ccc(CN(Cc2ccc(OC)cc2)c2cc(C)c(C(F)(F)F)c(-c3c(C(F)F)cc4c(N5CC6CCC(C5)N6C(=O)OC(C)(C)C)nc(OC[C@@]56CCCN5C[C@H](F)C6)nc4c3F)n2)cc1. The van der Waals surface area contributed by atoms with Crippen LogP contribution in [0.4, 0.5) is 47.2 Å². The van der Waals surface area contributed by atoms with E-state index in [1.165, 1.54) is 27.2 Å². The number of rotatable bonds is 13. The van der Waals surface area contributed by atoms with Gasteiger partial charge in [-0.15, -0.1) is 0 Å². The summed E-state index contributed by atoms with van der Waals surface area (Å²) in [6.07, 6.45) is -7.50. The number of aryl methyl sites for hydroxylation is 1. The van der Waals surface area contributed by atoms with E-state index >= 15 is 26.3 Å². The number of hydrogen-bond acceptors (Lipinski definition) is 11. The quantitative estimate of drug-likeness (QED) is 0.105. The molecular formula is C51H56F7N7O5. The van der Waals surface area contributed by atoms with Gasteiger partial charge in [-0.05, 0) is 113 Å². The first-order chi connectivity index (χ1) is 33.2. The number of aromatic nitrogens is 3. The number of benzene rings is 3. The van der Waals surface area contributed by atoms with Gasteiger partial charge in [0, 0.05) is 55.7 Å². The van der Waals surface area contributed by atoms with Gasteiger partial charge < -0.3 is 28.7 Å². The molecule has 4 aliphatic rings. The van der Waals surface area contributed by atoms with E-state index in [0.29, 0.717) is 37.3 Å². The number of carbonyl (C=O) groups is 1. The molecule has 4 fully saturated rings. The molecule has 0 aliphatic carbocycles. The minimum Gasteiger partial charge on any atom is -0.497 e. The van der Waals surface area contributed by atoms with Gasteiger partial charge in [0.15, 0.2) is 5.82 Å². The van der Waals surface area contributed by atoms with Gasteiger partial charge in [-0.1, -0.05) is 24.3 Å². The number of pyridine rings is 1. The number of piperazine rings is 1. The predicted molar refractivity (Wildman–Crippen MR) is 249 cm³/mol. The molecule has 374 valence electrons. The van der Waals surface area contributed by atoms with Crippen molar-refractivity contribution in [2.75, 3.05) is 56.8 Å². The van der Waals surface area contributed by atoms with E-state index in [0.717, 1.165) is 23.6 Å². The summed E-state index contributed by atoms with van der Waals surface area (Å²) in [7, 11) is 3.03. The molecule has 3 aromatic carbocycles. The van der Waals surface area contributed by atoms with Gasteiger partial charge in [0.05, 0.1) is 43.1 Å². The van der Waals surface area contributed by atoms with E-state index in [-0.39, 0.29) is 74.3 Å². The fourth-order valence-electron chi connectivity index (χ4n) is 10.7. The summed E-state index contributed by atoms with van der Waals surface area (Å²) in [4.78, 5) is 34.2. The minimum atomic E-state index is -5.18. The zero-order valence-electron chi connectivity index (χ0n) is 39.9. The van der Waals surface area contributed by atoms with Crippen LogP contribution in [0, 0.1) is 12.7 Å². The molecule has 19 heteroatoms. The van der Waals surface area contributed by atoms with Crippen LogP contribution in [0.25, 0.3) is 22.2 Å². The number of alkyl halides is 6. The van der Waals surface area contributed by atoms with Crippen LogP contribution in [0.2, 0.25) is 0 Å². The van der Waals surface area contributed by atoms with E-state index in [4.69, 9.17) is 23.9 Å². The second kappa shape index (κ2) is 18.9. The van der Waals surface area contributed by atoms with Crippen molar-refractivity contribution in [1.29, 1.82) is 0 Å².